The van der Waals surface area contributed by atoms with Crippen molar-refractivity contribution in [3.63, 3.8) is 0 Å². The maximum absolute atomic E-state index is 5.71. The average molecular weight is 276 g/mol. The number of hydrogen-bond acceptors (Lipinski definition) is 6. The van der Waals surface area contributed by atoms with E-state index < -0.39 is 0 Å². The van der Waals surface area contributed by atoms with E-state index in [4.69, 9.17) is 4.74 Å². The van der Waals surface area contributed by atoms with Gasteiger partial charge in [-0.25, -0.2) is 9.97 Å². The summed E-state index contributed by atoms with van der Waals surface area (Å²) in [6.07, 6.45) is 0.0357. The van der Waals surface area contributed by atoms with Crippen LogP contribution in [0.15, 0.2) is 23.6 Å². The molecule has 1 unspecified atom stereocenters. The van der Waals surface area contributed by atoms with Crippen LogP contribution in [0.2, 0.25) is 0 Å². The van der Waals surface area contributed by atoms with E-state index in [0.29, 0.717) is 0 Å². The minimum atomic E-state index is 0.0357. The number of hydrogen-bond donors (Lipinski definition) is 2. The zero-order valence-corrected chi connectivity index (χ0v) is 11.5. The Morgan fingerprint density at radius 3 is 3.11 bits per heavy atom. The Morgan fingerprint density at radius 2 is 2.37 bits per heavy atom. The van der Waals surface area contributed by atoms with Crippen LogP contribution in [0.3, 0.4) is 0 Å². The van der Waals surface area contributed by atoms with Crippen molar-refractivity contribution in [2.75, 3.05) is 25.0 Å². The monoisotopic (exact) mass is 276 g/mol. The molecule has 0 aromatic carbocycles. The van der Waals surface area contributed by atoms with E-state index >= 15 is 0 Å². The van der Waals surface area contributed by atoms with Gasteiger partial charge in [0.25, 0.3) is 0 Å². The van der Waals surface area contributed by atoms with E-state index in [1.807, 2.05) is 30.5 Å². The molecule has 2 aromatic rings. The zero-order chi connectivity index (χ0) is 13.1. The van der Waals surface area contributed by atoms with Gasteiger partial charge in [0.2, 0.25) is 0 Å². The number of anilines is 2. The second kappa shape index (κ2) is 5.64. The van der Waals surface area contributed by atoms with Crippen molar-refractivity contribution in [2.24, 2.45) is 0 Å². The Balaban J connectivity index is 1.75. The van der Waals surface area contributed by atoms with Crippen molar-refractivity contribution in [2.45, 2.75) is 13.0 Å². The number of thiazole rings is 1. The average Bonchev–Trinajstić information content (AvgIpc) is 2.85. The molecule has 1 fully saturated rings. The first-order chi connectivity index (χ1) is 9.31. The SMILES string of the molecule is Cc1csc(Nc2cccc(C3CNCCO3)n2)n1. The number of rotatable bonds is 3. The summed E-state index contributed by atoms with van der Waals surface area (Å²) in [6, 6.07) is 5.93. The fraction of sp³-hybridized carbons (Fsp3) is 0.385. The molecular formula is C13H16N4OS. The van der Waals surface area contributed by atoms with Crippen molar-refractivity contribution in [3.8, 4) is 0 Å². The van der Waals surface area contributed by atoms with Gasteiger partial charge in [0.15, 0.2) is 5.13 Å². The molecule has 2 aromatic heterocycles. The van der Waals surface area contributed by atoms with Crippen LogP contribution in [0.1, 0.15) is 17.5 Å². The van der Waals surface area contributed by atoms with Gasteiger partial charge in [0, 0.05) is 18.5 Å². The van der Waals surface area contributed by atoms with Gasteiger partial charge in [-0.3, -0.25) is 0 Å². The molecule has 1 saturated heterocycles. The molecule has 5 nitrogen and oxygen atoms in total. The number of ether oxygens (including phenoxy) is 1. The van der Waals surface area contributed by atoms with Crippen molar-refractivity contribution in [3.05, 3.63) is 35.0 Å². The van der Waals surface area contributed by atoms with Crippen LogP contribution in [0.5, 0.6) is 0 Å². The molecule has 0 spiro atoms. The summed E-state index contributed by atoms with van der Waals surface area (Å²) in [5.41, 5.74) is 1.97. The molecule has 3 heterocycles. The molecule has 3 rings (SSSR count). The Bertz CT molecular complexity index is 551. The normalized spacial score (nSPS) is 19.3. The van der Waals surface area contributed by atoms with Gasteiger partial charge in [-0.2, -0.15) is 0 Å². The van der Waals surface area contributed by atoms with Gasteiger partial charge in [0.1, 0.15) is 11.9 Å². The molecule has 0 saturated carbocycles. The molecule has 6 heteroatoms. The predicted molar refractivity (Wildman–Crippen MR) is 75.9 cm³/mol. The van der Waals surface area contributed by atoms with Crippen molar-refractivity contribution in [1.29, 1.82) is 0 Å². The minimum absolute atomic E-state index is 0.0357. The highest BCUT2D eigenvalue weighted by Crippen LogP contribution is 2.22. The van der Waals surface area contributed by atoms with Crippen LogP contribution in [0.25, 0.3) is 0 Å². The molecule has 0 aliphatic carbocycles. The highest BCUT2D eigenvalue weighted by molar-refractivity contribution is 7.13. The molecule has 0 radical (unpaired) electrons. The van der Waals surface area contributed by atoms with E-state index in [1.165, 1.54) is 0 Å². The van der Waals surface area contributed by atoms with Gasteiger partial charge in [-0.15, -0.1) is 11.3 Å². The fourth-order valence-corrected chi connectivity index (χ4v) is 2.67. The molecule has 100 valence electrons. The van der Waals surface area contributed by atoms with E-state index in [0.717, 1.165) is 42.0 Å². The lowest BCUT2D eigenvalue weighted by molar-refractivity contribution is 0.0251. The molecular weight excluding hydrogens is 260 g/mol. The molecule has 1 aliphatic heterocycles. The van der Waals surface area contributed by atoms with Gasteiger partial charge < -0.3 is 15.4 Å². The number of morpholine rings is 1. The topological polar surface area (TPSA) is 59.1 Å². The molecule has 1 atom stereocenters. The van der Waals surface area contributed by atoms with Crippen molar-refractivity contribution in [1.82, 2.24) is 15.3 Å². The van der Waals surface area contributed by atoms with Crippen LogP contribution in [-0.2, 0) is 4.74 Å². The lowest BCUT2D eigenvalue weighted by Gasteiger charge is -2.23. The van der Waals surface area contributed by atoms with Crippen LogP contribution in [0, 0.1) is 6.92 Å². The molecule has 0 amide bonds. The quantitative estimate of drug-likeness (QED) is 0.900. The summed E-state index contributed by atoms with van der Waals surface area (Å²) < 4.78 is 5.71. The minimum Gasteiger partial charge on any atom is -0.369 e. The van der Waals surface area contributed by atoms with E-state index in [-0.39, 0.29) is 6.10 Å². The standard InChI is InChI=1S/C13H16N4OS/c1-9-8-19-13(15-9)17-12-4-2-3-10(16-12)11-7-14-5-6-18-11/h2-4,8,11,14H,5-7H2,1H3,(H,15,16,17). The third-order valence-electron chi connectivity index (χ3n) is 2.88. The second-order valence-corrected chi connectivity index (χ2v) is 5.29. The fourth-order valence-electron chi connectivity index (χ4n) is 1.98. The van der Waals surface area contributed by atoms with Crippen molar-refractivity contribution < 1.29 is 4.74 Å². The summed E-state index contributed by atoms with van der Waals surface area (Å²) in [4.78, 5) is 8.96. The summed E-state index contributed by atoms with van der Waals surface area (Å²) in [7, 11) is 0. The number of pyridine rings is 1. The van der Waals surface area contributed by atoms with Crippen LogP contribution in [0.4, 0.5) is 10.9 Å². The lowest BCUT2D eigenvalue weighted by atomic mass is 10.2. The van der Waals surface area contributed by atoms with Gasteiger partial charge in [-0.05, 0) is 19.1 Å². The first-order valence-corrected chi connectivity index (χ1v) is 7.18. The Labute approximate surface area is 116 Å². The molecule has 1 aliphatic rings. The van der Waals surface area contributed by atoms with E-state index in [9.17, 15) is 0 Å². The first kappa shape index (κ1) is 12.5. The summed E-state index contributed by atoms with van der Waals surface area (Å²) in [6.45, 7) is 4.43. The zero-order valence-electron chi connectivity index (χ0n) is 10.7. The molecule has 19 heavy (non-hydrogen) atoms. The maximum Gasteiger partial charge on any atom is 0.188 e. The van der Waals surface area contributed by atoms with Crippen LogP contribution < -0.4 is 10.6 Å². The maximum atomic E-state index is 5.71. The Morgan fingerprint density at radius 1 is 1.42 bits per heavy atom. The first-order valence-electron chi connectivity index (χ1n) is 6.30. The third-order valence-corrected chi connectivity index (χ3v) is 3.76. The molecule has 0 bridgehead atoms. The smallest absolute Gasteiger partial charge is 0.188 e. The predicted octanol–water partition coefficient (Wildman–Crippen LogP) is 2.25. The number of nitrogens with one attached hydrogen (secondary N) is 2. The third kappa shape index (κ3) is 3.09. The number of nitrogens with zero attached hydrogens (tertiary/aromatic N) is 2. The lowest BCUT2D eigenvalue weighted by Crippen LogP contribution is -2.33. The summed E-state index contributed by atoms with van der Waals surface area (Å²) in [5, 5.41) is 9.41. The van der Waals surface area contributed by atoms with Gasteiger partial charge >= 0.3 is 0 Å². The largest absolute Gasteiger partial charge is 0.369 e. The highest BCUT2D eigenvalue weighted by Gasteiger charge is 2.17. The van der Waals surface area contributed by atoms with E-state index in [2.05, 4.69) is 20.6 Å². The summed E-state index contributed by atoms with van der Waals surface area (Å²) >= 11 is 1.58. The number of aromatic nitrogens is 2. The Hall–Kier alpha value is -1.50. The van der Waals surface area contributed by atoms with E-state index in [1.54, 1.807) is 11.3 Å². The van der Waals surface area contributed by atoms with Crippen LogP contribution >= 0.6 is 11.3 Å². The second-order valence-electron chi connectivity index (χ2n) is 4.43. The van der Waals surface area contributed by atoms with Gasteiger partial charge in [0.05, 0.1) is 18.0 Å². The highest BCUT2D eigenvalue weighted by atomic mass is 32.1. The summed E-state index contributed by atoms with van der Waals surface area (Å²) in [5.74, 6) is 0.807. The van der Waals surface area contributed by atoms with Gasteiger partial charge in [-0.1, -0.05) is 6.07 Å². The Kier molecular flexibility index (Phi) is 3.72. The molecule has 2 N–H and O–H groups in total. The van der Waals surface area contributed by atoms with Crippen molar-refractivity contribution >= 4 is 22.3 Å². The van der Waals surface area contributed by atoms with Crippen LogP contribution in [-0.4, -0.2) is 29.7 Å². The number of aryl methyl sites for hydroxylation is 1.